The third-order valence-corrected chi connectivity index (χ3v) is 4.51. The fraction of sp³-hybridized carbons (Fsp3) is 0.588. The Bertz CT molecular complexity index is 667. The minimum atomic E-state index is -4.29. The van der Waals surface area contributed by atoms with E-state index in [-0.39, 0.29) is 19.0 Å². The Labute approximate surface area is 150 Å². The standard InChI is InChI=1S/C17H23F3N6/c18-17(19,20)16(8-14-5-1-2-7-22-14)23-10-15-12-26(25-24-15)11-13-4-3-6-21-9-13/h3-4,6,9,12,14,16,22-23H,1-2,5,7-8,10-11H2. The number of nitrogens with zero attached hydrogens (tertiary/aromatic N) is 4. The summed E-state index contributed by atoms with van der Waals surface area (Å²) < 4.78 is 41.6. The molecule has 26 heavy (non-hydrogen) atoms. The summed E-state index contributed by atoms with van der Waals surface area (Å²) in [5.74, 6) is 0. The highest BCUT2D eigenvalue weighted by molar-refractivity contribution is 5.09. The van der Waals surface area contributed by atoms with E-state index in [1.807, 2.05) is 12.1 Å². The van der Waals surface area contributed by atoms with Crippen LogP contribution in [0.5, 0.6) is 0 Å². The Morgan fingerprint density at radius 3 is 2.92 bits per heavy atom. The lowest BCUT2D eigenvalue weighted by Crippen LogP contribution is -2.47. The third-order valence-electron chi connectivity index (χ3n) is 4.51. The molecule has 0 spiro atoms. The molecule has 142 valence electrons. The van der Waals surface area contributed by atoms with Crippen LogP contribution in [0.1, 0.15) is 36.9 Å². The van der Waals surface area contributed by atoms with Crippen molar-refractivity contribution in [3.8, 4) is 0 Å². The van der Waals surface area contributed by atoms with Crippen LogP contribution in [0, 0.1) is 0 Å². The number of alkyl halides is 3. The molecule has 0 aliphatic carbocycles. The summed E-state index contributed by atoms with van der Waals surface area (Å²) in [6.07, 6.45) is 3.60. The van der Waals surface area contributed by atoms with Crippen LogP contribution in [0.25, 0.3) is 0 Å². The average molecular weight is 368 g/mol. The fourth-order valence-corrected chi connectivity index (χ4v) is 3.15. The highest BCUT2D eigenvalue weighted by Gasteiger charge is 2.40. The summed E-state index contributed by atoms with van der Waals surface area (Å²) in [5, 5.41) is 13.7. The quantitative estimate of drug-likeness (QED) is 0.785. The first-order valence-corrected chi connectivity index (χ1v) is 8.82. The summed E-state index contributed by atoms with van der Waals surface area (Å²) in [6.45, 7) is 1.30. The number of halogens is 3. The Balaban J connectivity index is 1.55. The van der Waals surface area contributed by atoms with Crippen molar-refractivity contribution in [2.45, 2.75) is 57.0 Å². The molecular formula is C17H23F3N6. The van der Waals surface area contributed by atoms with Crippen molar-refractivity contribution >= 4 is 0 Å². The van der Waals surface area contributed by atoms with Crippen molar-refractivity contribution < 1.29 is 13.2 Å². The van der Waals surface area contributed by atoms with E-state index in [1.165, 1.54) is 0 Å². The molecule has 3 heterocycles. The van der Waals surface area contributed by atoms with Crippen LogP contribution >= 0.6 is 0 Å². The minimum Gasteiger partial charge on any atom is -0.314 e. The summed E-state index contributed by atoms with van der Waals surface area (Å²) >= 11 is 0. The number of piperidine rings is 1. The van der Waals surface area contributed by atoms with Crippen LogP contribution in [0.2, 0.25) is 0 Å². The van der Waals surface area contributed by atoms with E-state index in [2.05, 4.69) is 25.9 Å². The molecule has 1 aliphatic rings. The third kappa shape index (κ3) is 5.50. The summed E-state index contributed by atoms with van der Waals surface area (Å²) in [6, 6.07) is 2.08. The molecule has 2 aromatic heterocycles. The number of rotatable bonds is 7. The predicted molar refractivity (Wildman–Crippen MR) is 90.3 cm³/mol. The number of nitrogens with one attached hydrogen (secondary N) is 2. The van der Waals surface area contributed by atoms with E-state index in [0.29, 0.717) is 12.2 Å². The van der Waals surface area contributed by atoms with Crippen LogP contribution < -0.4 is 10.6 Å². The maximum absolute atomic E-state index is 13.3. The van der Waals surface area contributed by atoms with Gasteiger partial charge in [0, 0.05) is 25.0 Å². The second kappa shape index (κ2) is 8.59. The highest BCUT2D eigenvalue weighted by atomic mass is 19.4. The van der Waals surface area contributed by atoms with Crippen molar-refractivity contribution in [2.24, 2.45) is 0 Å². The van der Waals surface area contributed by atoms with Gasteiger partial charge in [0.1, 0.15) is 6.04 Å². The Hall–Kier alpha value is -2.00. The van der Waals surface area contributed by atoms with E-state index < -0.39 is 12.2 Å². The maximum Gasteiger partial charge on any atom is 0.403 e. The van der Waals surface area contributed by atoms with Crippen molar-refractivity contribution in [1.82, 2.24) is 30.6 Å². The molecule has 2 N–H and O–H groups in total. The van der Waals surface area contributed by atoms with Gasteiger partial charge in [-0.15, -0.1) is 5.10 Å². The first kappa shape index (κ1) is 18.8. The van der Waals surface area contributed by atoms with Gasteiger partial charge in [-0.25, -0.2) is 4.68 Å². The van der Waals surface area contributed by atoms with E-state index in [1.54, 1.807) is 23.3 Å². The van der Waals surface area contributed by atoms with Gasteiger partial charge in [-0.2, -0.15) is 13.2 Å². The molecular weight excluding hydrogens is 345 g/mol. The first-order chi connectivity index (χ1) is 12.5. The lowest BCUT2D eigenvalue weighted by Gasteiger charge is -2.29. The van der Waals surface area contributed by atoms with Gasteiger partial charge >= 0.3 is 6.18 Å². The van der Waals surface area contributed by atoms with E-state index in [0.717, 1.165) is 31.4 Å². The van der Waals surface area contributed by atoms with E-state index in [9.17, 15) is 13.2 Å². The van der Waals surface area contributed by atoms with Gasteiger partial charge in [-0.1, -0.05) is 17.7 Å². The van der Waals surface area contributed by atoms with E-state index in [4.69, 9.17) is 0 Å². The fourth-order valence-electron chi connectivity index (χ4n) is 3.15. The zero-order valence-corrected chi connectivity index (χ0v) is 14.4. The normalized spacial score (nSPS) is 19.4. The zero-order valence-electron chi connectivity index (χ0n) is 14.4. The van der Waals surface area contributed by atoms with Crippen molar-refractivity contribution in [3.63, 3.8) is 0 Å². The van der Waals surface area contributed by atoms with Crippen LogP contribution in [0.3, 0.4) is 0 Å². The van der Waals surface area contributed by atoms with Gasteiger partial charge in [0.2, 0.25) is 0 Å². The molecule has 1 fully saturated rings. The van der Waals surface area contributed by atoms with Crippen LogP contribution in [-0.2, 0) is 13.1 Å². The molecule has 0 bridgehead atoms. The van der Waals surface area contributed by atoms with Gasteiger partial charge in [-0.3, -0.25) is 4.98 Å². The molecule has 3 rings (SSSR count). The number of aromatic nitrogens is 4. The largest absolute Gasteiger partial charge is 0.403 e. The van der Waals surface area contributed by atoms with Crippen LogP contribution in [0.4, 0.5) is 13.2 Å². The summed E-state index contributed by atoms with van der Waals surface area (Å²) in [7, 11) is 0. The first-order valence-electron chi connectivity index (χ1n) is 8.82. The maximum atomic E-state index is 13.3. The van der Waals surface area contributed by atoms with Crippen LogP contribution in [0.15, 0.2) is 30.7 Å². The molecule has 0 saturated carbocycles. The monoisotopic (exact) mass is 368 g/mol. The SMILES string of the molecule is FC(F)(F)C(CC1CCCCN1)NCc1cn(Cc2cccnc2)nn1. The molecule has 6 nitrogen and oxygen atoms in total. The molecule has 9 heteroatoms. The van der Waals surface area contributed by atoms with Crippen molar-refractivity contribution in [3.05, 3.63) is 42.0 Å². The molecule has 2 unspecified atom stereocenters. The average Bonchev–Trinajstić information content (AvgIpc) is 3.07. The summed E-state index contributed by atoms with van der Waals surface area (Å²) in [5.41, 5.74) is 1.44. The smallest absolute Gasteiger partial charge is 0.314 e. The van der Waals surface area contributed by atoms with Crippen LogP contribution in [-0.4, -0.2) is 44.8 Å². The van der Waals surface area contributed by atoms with Gasteiger partial charge in [0.25, 0.3) is 0 Å². The lowest BCUT2D eigenvalue weighted by molar-refractivity contribution is -0.159. The number of pyridine rings is 1. The van der Waals surface area contributed by atoms with Gasteiger partial charge in [-0.05, 0) is 37.4 Å². The van der Waals surface area contributed by atoms with Crippen molar-refractivity contribution in [1.29, 1.82) is 0 Å². The zero-order chi connectivity index (χ0) is 18.4. The molecule has 2 atom stereocenters. The van der Waals surface area contributed by atoms with Gasteiger partial charge in [0.15, 0.2) is 0 Å². The topological polar surface area (TPSA) is 67.7 Å². The Kier molecular flexibility index (Phi) is 6.20. The van der Waals surface area contributed by atoms with Gasteiger partial charge in [0.05, 0.1) is 18.4 Å². The van der Waals surface area contributed by atoms with Crippen molar-refractivity contribution in [2.75, 3.05) is 6.54 Å². The lowest BCUT2D eigenvalue weighted by atomic mass is 9.98. The predicted octanol–water partition coefficient (Wildman–Crippen LogP) is 2.27. The number of hydrogen-bond donors (Lipinski definition) is 2. The molecule has 1 aliphatic heterocycles. The number of hydrogen-bond acceptors (Lipinski definition) is 5. The summed E-state index contributed by atoms with van der Waals surface area (Å²) in [4.78, 5) is 4.02. The molecule has 1 saturated heterocycles. The molecule has 0 aromatic carbocycles. The Morgan fingerprint density at radius 1 is 1.35 bits per heavy atom. The molecule has 0 amide bonds. The molecule has 2 aromatic rings. The second-order valence-corrected chi connectivity index (χ2v) is 6.63. The van der Waals surface area contributed by atoms with Gasteiger partial charge < -0.3 is 10.6 Å². The minimum absolute atomic E-state index is 0.0317. The molecule has 0 radical (unpaired) electrons. The highest BCUT2D eigenvalue weighted by Crippen LogP contribution is 2.25. The van der Waals surface area contributed by atoms with E-state index >= 15 is 0 Å². The Morgan fingerprint density at radius 2 is 2.23 bits per heavy atom. The second-order valence-electron chi connectivity index (χ2n) is 6.63.